The van der Waals surface area contributed by atoms with E-state index in [2.05, 4.69) is 0 Å². The largest absolute Gasteiger partial charge is 0.339 e. The van der Waals surface area contributed by atoms with Gasteiger partial charge in [-0.2, -0.15) is 0 Å². The Labute approximate surface area is 177 Å². The highest BCUT2D eigenvalue weighted by atomic mass is 16.2. The molecule has 2 aromatic carbocycles. The highest BCUT2D eigenvalue weighted by molar-refractivity contribution is 6.35. The van der Waals surface area contributed by atoms with E-state index in [1.165, 1.54) is 6.42 Å². The van der Waals surface area contributed by atoms with Gasteiger partial charge in [-0.05, 0) is 42.5 Å². The normalized spacial score (nSPS) is 17.4. The molecule has 0 saturated carbocycles. The molecular weight excluding hydrogens is 378 g/mol. The van der Waals surface area contributed by atoms with E-state index in [-0.39, 0.29) is 5.91 Å². The fourth-order valence-electron chi connectivity index (χ4n) is 4.07. The van der Waals surface area contributed by atoms with Crippen molar-refractivity contribution in [1.29, 1.82) is 0 Å². The van der Waals surface area contributed by atoms with Gasteiger partial charge < -0.3 is 14.7 Å². The van der Waals surface area contributed by atoms with Crippen LogP contribution in [0.1, 0.15) is 40.7 Å². The summed E-state index contributed by atoms with van der Waals surface area (Å²) in [5.74, 6) is -0.852. The third-order valence-electron chi connectivity index (χ3n) is 5.83. The molecule has 0 aromatic heterocycles. The van der Waals surface area contributed by atoms with Crippen molar-refractivity contribution in [3.05, 3.63) is 71.3 Å². The Kier molecular flexibility index (Phi) is 6.12. The zero-order valence-corrected chi connectivity index (χ0v) is 17.1. The molecule has 0 atom stereocenters. The first-order valence-corrected chi connectivity index (χ1v) is 10.6. The number of piperidine rings is 1. The summed E-state index contributed by atoms with van der Waals surface area (Å²) in [6.45, 7) is 3.50. The molecule has 2 fully saturated rings. The molecular formula is C24H27N3O3. The maximum absolute atomic E-state index is 12.6. The van der Waals surface area contributed by atoms with Crippen LogP contribution in [0.2, 0.25) is 0 Å². The number of carbonyl (C=O) groups excluding carboxylic acids is 3. The topological polar surface area (TPSA) is 60.9 Å². The molecule has 2 saturated heterocycles. The van der Waals surface area contributed by atoms with Crippen molar-refractivity contribution in [1.82, 2.24) is 14.7 Å². The molecule has 2 aliphatic rings. The molecule has 30 heavy (non-hydrogen) atoms. The highest BCUT2D eigenvalue weighted by Gasteiger charge is 2.32. The fourth-order valence-corrected chi connectivity index (χ4v) is 4.07. The average Bonchev–Trinajstić information content (AvgIpc) is 2.80. The van der Waals surface area contributed by atoms with Gasteiger partial charge in [-0.1, -0.05) is 42.5 Å². The zero-order valence-electron chi connectivity index (χ0n) is 17.1. The van der Waals surface area contributed by atoms with Gasteiger partial charge in [0.15, 0.2) is 0 Å². The number of hydrogen-bond donors (Lipinski definition) is 0. The molecule has 2 aliphatic heterocycles. The summed E-state index contributed by atoms with van der Waals surface area (Å²) >= 11 is 0. The van der Waals surface area contributed by atoms with Gasteiger partial charge in [-0.25, -0.2) is 0 Å². The minimum Gasteiger partial charge on any atom is -0.339 e. The summed E-state index contributed by atoms with van der Waals surface area (Å²) in [7, 11) is 0. The van der Waals surface area contributed by atoms with Crippen molar-refractivity contribution in [2.45, 2.75) is 32.4 Å². The predicted molar refractivity (Wildman–Crippen MR) is 113 cm³/mol. The van der Waals surface area contributed by atoms with E-state index < -0.39 is 11.8 Å². The molecule has 4 rings (SSSR count). The maximum atomic E-state index is 12.6. The minimum absolute atomic E-state index is 0.0713. The van der Waals surface area contributed by atoms with Crippen LogP contribution >= 0.6 is 0 Å². The quantitative estimate of drug-likeness (QED) is 0.719. The number of carbonyl (C=O) groups is 3. The van der Waals surface area contributed by atoms with Crippen molar-refractivity contribution in [2.75, 3.05) is 26.2 Å². The summed E-state index contributed by atoms with van der Waals surface area (Å²) < 4.78 is 0. The first-order chi connectivity index (χ1) is 14.6. The summed E-state index contributed by atoms with van der Waals surface area (Å²) in [6, 6.07) is 17.1. The highest BCUT2D eigenvalue weighted by Crippen LogP contribution is 2.16. The van der Waals surface area contributed by atoms with Crippen molar-refractivity contribution in [3.63, 3.8) is 0 Å². The summed E-state index contributed by atoms with van der Waals surface area (Å²) in [6.07, 6.45) is 3.32. The summed E-state index contributed by atoms with van der Waals surface area (Å²) in [5, 5.41) is 0. The van der Waals surface area contributed by atoms with Crippen molar-refractivity contribution >= 4 is 17.7 Å². The summed E-state index contributed by atoms with van der Waals surface area (Å²) in [5.41, 5.74) is 2.61. The number of rotatable bonds is 5. The van der Waals surface area contributed by atoms with Gasteiger partial charge in [-0.15, -0.1) is 0 Å². The van der Waals surface area contributed by atoms with Gasteiger partial charge in [-0.3, -0.25) is 14.4 Å². The third-order valence-corrected chi connectivity index (χ3v) is 5.83. The SMILES string of the molecule is O=C1C(=O)N(Cc2ccc(C(=O)N3CCCCC3)cc2)CCN1Cc1ccccc1. The molecule has 0 unspecified atom stereocenters. The van der Waals surface area contributed by atoms with Crippen molar-refractivity contribution < 1.29 is 14.4 Å². The molecule has 2 aromatic rings. The van der Waals surface area contributed by atoms with E-state index in [9.17, 15) is 14.4 Å². The lowest BCUT2D eigenvalue weighted by atomic mass is 10.1. The summed E-state index contributed by atoms with van der Waals surface area (Å²) in [4.78, 5) is 42.8. The van der Waals surface area contributed by atoms with E-state index in [0.717, 1.165) is 37.1 Å². The van der Waals surface area contributed by atoms with Gasteiger partial charge in [0.05, 0.1) is 0 Å². The zero-order chi connectivity index (χ0) is 20.9. The first kappa shape index (κ1) is 20.1. The van der Waals surface area contributed by atoms with Crippen LogP contribution in [0.15, 0.2) is 54.6 Å². The van der Waals surface area contributed by atoms with E-state index in [1.54, 1.807) is 9.80 Å². The van der Waals surface area contributed by atoms with Crippen molar-refractivity contribution in [3.8, 4) is 0 Å². The molecule has 0 N–H and O–H groups in total. The van der Waals surface area contributed by atoms with Gasteiger partial charge >= 0.3 is 11.8 Å². The smallest absolute Gasteiger partial charge is 0.312 e. The van der Waals surface area contributed by atoms with Crippen LogP contribution in [-0.4, -0.2) is 58.6 Å². The predicted octanol–water partition coefficient (Wildman–Crippen LogP) is 2.68. The van der Waals surface area contributed by atoms with Gasteiger partial charge in [0.1, 0.15) is 0 Å². The van der Waals surface area contributed by atoms with E-state index >= 15 is 0 Å². The van der Waals surface area contributed by atoms with Crippen LogP contribution in [0.3, 0.4) is 0 Å². The standard InChI is InChI=1S/C24H27N3O3/c28-22(25-13-5-2-6-14-25)21-11-9-20(10-12-21)18-27-16-15-26(23(29)24(27)30)17-19-7-3-1-4-8-19/h1,3-4,7-12H,2,5-6,13-18H2. The number of hydrogen-bond acceptors (Lipinski definition) is 3. The molecule has 6 heteroatoms. The second-order valence-corrected chi connectivity index (χ2v) is 7.99. The lowest BCUT2D eigenvalue weighted by molar-refractivity contribution is -0.156. The third kappa shape index (κ3) is 4.53. The molecule has 156 valence electrons. The monoisotopic (exact) mass is 405 g/mol. The van der Waals surface area contributed by atoms with Crippen molar-refractivity contribution in [2.24, 2.45) is 0 Å². The lowest BCUT2D eigenvalue weighted by Gasteiger charge is -2.34. The Morgan fingerprint density at radius 1 is 0.667 bits per heavy atom. The molecule has 0 aliphatic carbocycles. The number of nitrogens with zero attached hydrogens (tertiary/aromatic N) is 3. The average molecular weight is 405 g/mol. The lowest BCUT2D eigenvalue weighted by Crippen LogP contribution is -2.53. The molecule has 0 spiro atoms. The van der Waals surface area contributed by atoms with E-state index in [4.69, 9.17) is 0 Å². The van der Waals surface area contributed by atoms with Crippen LogP contribution < -0.4 is 0 Å². The Morgan fingerprint density at radius 2 is 1.20 bits per heavy atom. The number of amides is 3. The number of benzene rings is 2. The minimum atomic E-state index is -0.467. The second-order valence-electron chi connectivity index (χ2n) is 7.99. The van der Waals surface area contributed by atoms with E-state index in [0.29, 0.717) is 31.7 Å². The fraction of sp³-hybridized carbons (Fsp3) is 0.375. The second kappa shape index (κ2) is 9.11. The first-order valence-electron chi connectivity index (χ1n) is 10.6. The van der Waals surface area contributed by atoms with E-state index in [1.807, 2.05) is 59.5 Å². The van der Waals surface area contributed by atoms with Crippen LogP contribution in [-0.2, 0) is 22.7 Å². The number of likely N-dealkylation sites (tertiary alicyclic amines) is 1. The Balaban J connectivity index is 1.35. The molecule has 2 heterocycles. The van der Waals surface area contributed by atoms with Crippen LogP contribution in [0, 0.1) is 0 Å². The van der Waals surface area contributed by atoms with Crippen LogP contribution in [0.5, 0.6) is 0 Å². The maximum Gasteiger partial charge on any atom is 0.312 e. The van der Waals surface area contributed by atoms with Crippen LogP contribution in [0.4, 0.5) is 0 Å². The Bertz CT molecular complexity index is 905. The molecule has 3 amide bonds. The van der Waals surface area contributed by atoms with Gasteiger partial charge in [0.2, 0.25) is 0 Å². The van der Waals surface area contributed by atoms with Gasteiger partial charge in [0, 0.05) is 44.8 Å². The molecule has 6 nitrogen and oxygen atoms in total. The van der Waals surface area contributed by atoms with Gasteiger partial charge in [0.25, 0.3) is 5.91 Å². The van der Waals surface area contributed by atoms with Crippen LogP contribution in [0.25, 0.3) is 0 Å². The molecule has 0 radical (unpaired) electrons. The Hall–Kier alpha value is -3.15. The number of piperazine rings is 1. The Morgan fingerprint density at radius 3 is 1.77 bits per heavy atom. The molecule has 0 bridgehead atoms.